The van der Waals surface area contributed by atoms with E-state index >= 15 is 0 Å². The lowest BCUT2D eigenvalue weighted by atomic mass is 9.90. The molecule has 2 aliphatic rings. The van der Waals surface area contributed by atoms with Crippen LogP contribution in [0.1, 0.15) is 54.2 Å². The first kappa shape index (κ1) is 22.6. The standard InChI is InChI=1S/C29H26N2O5/c1-15(2)10-19-21-13-31-24(12-20-22(28(31)34)14-36-29(35)27(20)33)26(21)30-23-8-7-17-6-5-16(4-3-9-32)11-18(17)25(19)23/h5-9,11-12,15,27,33H,3-4,10,13-14H2,1-2H3. The van der Waals surface area contributed by atoms with Crippen molar-refractivity contribution in [3.8, 4) is 11.4 Å². The van der Waals surface area contributed by atoms with Gasteiger partial charge >= 0.3 is 5.97 Å². The van der Waals surface area contributed by atoms with Crippen LogP contribution in [0.15, 0.2) is 41.2 Å². The molecule has 2 aromatic heterocycles. The highest BCUT2D eigenvalue weighted by Gasteiger charge is 2.34. The predicted octanol–water partition coefficient (Wildman–Crippen LogP) is 4.00. The summed E-state index contributed by atoms with van der Waals surface area (Å²) in [5.41, 5.74) is 5.81. The Hall–Kier alpha value is -3.84. The molecule has 36 heavy (non-hydrogen) atoms. The summed E-state index contributed by atoms with van der Waals surface area (Å²) < 4.78 is 6.70. The predicted molar refractivity (Wildman–Crippen MR) is 136 cm³/mol. The zero-order valence-electron chi connectivity index (χ0n) is 20.2. The summed E-state index contributed by atoms with van der Waals surface area (Å²) in [5, 5.41) is 13.7. The number of aliphatic hydroxyl groups is 1. The minimum Gasteiger partial charge on any atom is -0.458 e. The van der Waals surface area contributed by atoms with Crippen LogP contribution in [0, 0.1) is 5.92 Å². The number of aldehydes is 1. The number of esters is 1. The van der Waals surface area contributed by atoms with Crippen LogP contribution in [0.2, 0.25) is 0 Å². The summed E-state index contributed by atoms with van der Waals surface area (Å²) in [4.78, 5) is 41.4. The third kappa shape index (κ3) is 3.38. The Morgan fingerprint density at radius 1 is 1.17 bits per heavy atom. The molecule has 0 radical (unpaired) electrons. The fraction of sp³-hybridized carbons (Fsp3) is 0.310. The van der Waals surface area contributed by atoms with Gasteiger partial charge in [-0.2, -0.15) is 0 Å². The number of fused-ring (bicyclic) bond motifs is 7. The second-order valence-corrected chi connectivity index (χ2v) is 10.1. The highest BCUT2D eigenvalue weighted by Crippen LogP contribution is 2.40. The normalized spacial score (nSPS) is 16.2. The average molecular weight is 483 g/mol. The number of carbonyl (C=O) groups is 2. The molecule has 1 atom stereocenters. The Balaban J connectivity index is 1.64. The van der Waals surface area contributed by atoms with Gasteiger partial charge in [-0.05, 0) is 52.8 Å². The Bertz CT molecular complexity index is 1650. The molecule has 7 heteroatoms. The van der Waals surface area contributed by atoms with Gasteiger partial charge in [-0.25, -0.2) is 9.78 Å². The smallest absolute Gasteiger partial charge is 0.340 e. The summed E-state index contributed by atoms with van der Waals surface area (Å²) >= 11 is 0. The number of carbonyl (C=O) groups excluding carboxylic acids is 2. The van der Waals surface area contributed by atoms with Crippen LogP contribution >= 0.6 is 0 Å². The first-order valence-corrected chi connectivity index (χ1v) is 12.3. The van der Waals surface area contributed by atoms with Crippen LogP contribution in [0.25, 0.3) is 33.1 Å². The second kappa shape index (κ2) is 8.38. The molecule has 0 spiro atoms. The van der Waals surface area contributed by atoms with Crippen LogP contribution in [0.5, 0.6) is 0 Å². The van der Waals surface area contributed by atoms with Gasteiger partial charge in [0.15, 0.2) is 6.10 Å². The average Bonchev–Trinajstić information content (AvgIpc) is 3.23. The molecule has 1 unspecified atom stereocenters. The molecule has 7 nitrogen and oxygen atoms in total. The van der Waals surface area contributed by atoms with E-state index in [1.807, 2.05) is 12.1 Å². The van der Waals surface area contributed by atoms with E-state index in [-0.39, 0.29) is 12.2 Å². The van der Waals surface area contributed by atoms with Gasteiger partial charge in [-0.1, -0.05) is 38.1 Å². The fourth-order valence-electron chi connectivity index (χ4n) is 5.60. The van der Waals surface area contributed by atoms with E-state index in [2.05, 4.69) is 32.0 Å². The quantitative estimate of drug-likeness (QED) is 0.231. The van der Waals surface area contributed by atoms with E-state index in [0.717, 1.165) is 56.8 Å². The van der Waals surface area contributed by atoms with Gasteiger partial charge in [0.05, 0.1) is 29.0 Å². The molecule has 1 N–H and O–H groups in total. The van der Waals surface area contributed by atoms with Crippen molar-refractivity contribution in [2.45, 2.75) is 52.4 Å². The van der Waals surface area contributed by atoms with Crippen molar-refractivity contribution in [1.29, 1.82) is 0 Å². The maximum Gasteiger partial charge on any atom is 0.340 e. The first-order valence-electron chi connectivity index (χ1n) is 12.3. The zero-order valence-corrected chi connectivity index (χ0v) is 20.2. The molecular formula is C29H26N2O5. The number of nitrogens with zero attached hydrogens (tertiary/aromatic N) is 2. The van der Waals surface area contributed by atoms with Crippen LogP contribution in [0.3, 0.4) is 0 Å². The zero-order chi connectivity index (χ0) is 25.1. The van der Waals surface area contributed by atoms with E-state index < -0.39 is 12.1 Å². The van der Waals surface area contributed by atoms with Gasteiger partial charge in [0.2, 0.25) is 0 Å². The minimum absolute atomic E-state index is 0.136. The number of aromatic nitrogens is 2. The van der Waals surface area contributed by atoms with Crippen molar-refractivity contribution in [2.24, 2.45) is 5.92 Å². The summed E-state index contributed by atoms with van der Waals surface area (Å²) in [6.07, 6.45) is 1.44. The number of ether oxygens (including phenoxy) is 1. The lowest BCUT2D eigenvalue weighted by Gasteiger charge is -2.21. The monoisotopic (exact) mass is 482 g/mol. The lowest BCUT2D eigenvalue weighted by molar-refractivity contribution is -0.157. The molecule has 4 heterocycles. The largest absolute Gasteiger partial charge is 0.458 e. The number of hydrogen-bond acceptors (Lipinski definition) is 6. The topological polar surface area (TPSA) is 98.5 Å². The molecular weight excluding hydrogens is 456 g/mol. The summed E-state index contributed by atoms with van der Waals surface area (Å²) in [6.45, 7) is 4.59. The number of aliphatic hydroxyl groups excluding tert-OH is 1. The highest BCUT2D eigenvalue weighted by atomic mass is 16.5. The minimum atomic E-state index is -1.47. The maximum atomic E-state index is 13.4. The molecule has 0 saturated heterocycles. The van der Waals surface area contributed by atoms with Crippen molar-refractivity contribution in [2.75, 3.05) is 0 Å². The van der Waals surface area contributed by atoms with E-state index in [1.54, 1.807) is 10.6 Å². The molecule has 4 aromatic rings. The summed E-state index contributed by atoms with van der Waals surface area (Å²) in [7, 11) is 0. The Kier molecular flexibility index (Phi) is 5.26. The number of cyclic esters (lactones) is 1. The number of rotatable bonds is 5. The third-order valence-corrected chi connectivity index (χ3v) is 7.28. The summed E-state index contributed by atoms with van der Waals surface area (Å²) in [5.74, 6) is -0.372. The Morgan fingerprint density at radius 3 is 2.75 bits per heavy atom. The Morgan fingerprint density at radius 2 is 1.97 bits per heavy atom. The van der Waals surface area contributed by atoms with Crippen molar-refractivity contribution >= 4 is 33.9 Å². The van der Waals surface area contributed by atoms with Gasteiger partial charge in [0.25, 0.3) is 5.56 Å². The van der Waals surface area contributed by atoms with Crippen LogP contribution in [-0.2, 0) is 40.3 Å². The van der Waals surface area contributed by atoms with Crippen molar-refractivity contribution in [1.82, 2.24) is 9.55 Å². The molecule has 0 fully saturated rings. The number of aryl methyl sites for hydroxylation is 1. The van der Waals surface area contributed by atoms with Crippen LogP contribution < -0.4 is 5.56 Å². The second-order valence-electron chi connectivity index (χ2n) is 10.1. The molecule has 0 bridgehead atoms. The van der Waals surface area contributed by atoms with Gasteiger partial charge in [0.1, 0.15) is 12.9 Å². The number of hydrogen-bond donors (Lipinski definition) is 1. The van der Waals surface area contributed by atoms with Crippen LogP contribution in [0.4, 0.5) is 0 Å². The van der Waals surface area contributed by atoms with E-state index in [1.165, 1.54) is 0 Å². The van der Waals surface area contributed by atoms with Crippen molar-refractivity contribution < 1.29 is 19.4 Å². The molecule has 0 saturated carbocycles. The van der Waals surface area contributed by atoms with Gasteiger partial charge in [-0.15, -0.1) is 0 Å². The number of pyridine rings is 2. The molecule has 2 aromatic carbocycles. The van der Waals surface area contributed by atoms with Crippen molar-refractivity contribution in [3.63, 3.8) is 0 Å². The Labute approximate surface area is 207 Å². The van der Waals surface area contributed by atoms with Gasteiger partial charge in [-0.3, -0.25) is 4.79 Å². The summed E-state index contributed by atoms with van der Waals surface area (Å²) in [6, 6.07) is 12.1. The first-order chi connectivity index (χ1) is 17.4. The molecule has 182 valence electrons. The van der Waals surface area contributed by atoms with Crippen LogP contribution in [-0.4, -0.2) is 26.9 Å². The molecule has 0 amide bonds. The SMILES string of the molecule is CC(C)Cc1c2c(nc3ccc4ccc(CCC=O)cc4c13)-c1cc3c(c(=O)n1C2)COC(=O)C3O. The van der Waals surface area contributed by atoms with Crippen molar-refractivity contribution in [3.05, 3.63) is 74.6 Å². The lowest BCUT2D eigenvalue weighted by Crippen LogP contribution is -2.32. The maximum absolute atomic E-state index is 13.4. The van der Waals surface area contributed by atoms with E-state index in [4.69, 9.17) is 9.72 Å². The number of benzene rings is 2. The third-order valence-electron chi connectivity index (χ3n) is 7.28. The van der Waals surface area contributed by atoms with Gasteiger partial charge < -0.3 is 19.2 Å². The molecule has 0 aliphatic carbocycles. The van der Waals surface area contributed by atoms with E-state index in [9.17, 15) is 19.5 Å². The fourth-order valence-corrected chi connectivity index (χ4v) is 5.60. The highest BCUT2D eigenvalue weighted by molar-refractivity contribution is 6.09. The molecule has 6 rings (SSSR count). The van der Waals surface area contributed by atoms with E-state index in [0.29, 0.717) is 42.1 Å². The molecule has 2 aliphatic heterocycles. The van der Waals surface area contributed by atoms with Gasteiger partial charge in [0, 0.05) is 22.9 Å².